The lowest BCUT2D eigenvalue weighted by Gasteiger charge is -2.21. The first-order chi connectivity index (χ1) is 7.78. The molecule has 0 saturated heterocycles. The maximum atomic E-state index is 6.14. The molecule has 0 fully saturated rings. The summed E-state index contributed by atoms with van der Waals surface area (Å²) in [6.07, 6.45) is 1.79. The van der Waals surface area contributed by atoms with Gasteiger partial charge in [-0.15, -0.1) is 0 Å². The molecule has 0 unspecified atom stereocenters. The fraction of sp³-hybridized carbons (Fsp3) is 0.615. The number of nitrogens with zero attached hydrogens (tertiary/aromatic N) is 1. The van der Waals surface area contributed by atoms with Crippen molar-refractivity contribution in [1.29, 1.82) is 0 Å². The van der Waals surface area contributed by atoms with Gasteiger partial charge in [0.1, 0.15) is 10.6 Å². The number of halogens is 1. The molecule has 1 heterocycles. The Morgan fingerprint density at radius 3 is 2.53 bits per heavy atom. The van der Waals surface area contributed by atoms with Gasteiger partial charge in [-0.25, -0.2) is 4.98 Å². The summed E-state index contributed by atoms with van der Waals surface area (Å²) in [5.74, 6) is 0.493. The number of pyridine rings is 1. The Morgan fingerprint density at radius 1 is 1.41 bits per heavy atom. The topological polar surface area (TPSA) is 34.2 Å². The van der Waals surface area contributed by atoms with Crippen molar-refractivity contribution in [3.05, 3.63) is 22.8 Å². The fourth-order valence-electron chi connectivity index (χ4n) is 1.25. The summed E-state index contributed by atoms with van der Waals surface area (Å²) in [6, 6.07) is 2.34. The zero-order valence-corrected chi connectivity index (χ0v) is 11.9. The Labute approximate surface area is 109 Å². The summed E-state index contributed by atoms with van der Waals surface area (Å²) in [5.41, 5.74) is 0.777. The van der Waals surface area contributed by atoms with E-state index in [1.54, 1.807) is 6.20 Å². The lowest BCUT2D eigenvalue weighted by Crippen LogP contribution is -2.24. The molecule has 0 aromatic carbocycles. The van der Waals surface area contributed by atoms with Crippen molar-refractivity contribution in [3.63, 3.8) is 0 Å². The molecular weight excluding hydrogens is 236 g/mol. The average molecular weight is 257 g/mol. The van der Waals surface area contributed by atoms with Crippen LogP contribution < -0.4 is 10.1 Å². The standard InChI is InChI=1S/C13H21ClN2O/c1-9(2)15-7-10-6-11(14)12(16-8-10)17-13(3,4)5/h6,8-9,15H,7H2,1-5H3. The molecule has 0 bridgehead atoms. The Hall–Kier alpha value is -0.800. The molecule has 0 aliphatic rings. The van der Waals surface area contributed by atoms with Gasteiger partial charge in [0.2, 0.25) is 5.88 Å². The van der Waals surface area contributed by atoms with E-state index in [1.807, 2.05) is 26.8 Å². The van der Waals surface area contributed by atoms with Crippen LogP contribution in [0.3, 0.4) is 0 Å². The second-order valence-electron chi connectivity index (χ2n) is 5.38. The van der Waals surface area contributed by atoms with Crippen LogP contribution in [0, 0.1) is 0 Å². The number of hydrogen-bond acceptors (Lipinski definition) is 3. The smallest absolute Gasteiger partial charge is 0.233 e. The van der Waals surface area contributed by atoms with Gasteiger partial charge in [-0.05, 0) is 32.4 Å². The number of aromatic nitrogens is 1. The van der Waals surface area contributed by atoms with Crippen LogP contribution in [0.2, 0.25) is 5.02 Å². The minimum absolute atomic E-state index is 0.283. The van der Waals surface area contributed by atoms with E-state index >= 15 is 0 Å². The average Bonchev–Trinajstić information content (AvgIpc) is 2.17. The van der Waals surface area contributed by atoms with Gasteiger partial charge in [0.05, 0.1) is 0 Å². The molecule has 3 nitrogen and oxygen atoms in total. The first-order valence-corrected chi connectivity index (χ1v) is 6.22. The predicted molar refractivity (Wildman–Crippen MR) is 71.6 cm³/mol. The van der Waals surface area contributed by atoms with Gasteiger partial charge in [-0.1, -0.05) is 25.4 Å². The Balaban J connectivity index is 2.72. The molecule has 0 saturated carbocycles. The largest absolute Gasteiger partial charge is 0.471 e. The molecule has 0 aliphatic carbocycles. The van der Waals surface area contributed by atoms with Crippen LogP contribution >= 0.6 is 11.6 Å². The first-order valence-electron chi connectivity index (χ1n) is 5.85. The zero-order chi connectivity index (χ0) is 13.1. The second-order valence-corrected chi connectivity index (χ2v) is 5.79. The highest BCUT2D eigenvalue weighted by Gasteiger charge is 2.15. The molecule has 17 heavy (non-hydrogen) atoms. The number of hydrogen-bond donors (Lipinski definition) is 1. The van der Waals surface area contributed by atoms with Crippen LogP contribution in [0.1, 0.15) is 40.2 Å². The summed E-state index contributed by atoms with van der Waals surface area (Å²) in [4.78, 5) is 4.25. The van der Waals surface area contributed by atoms with E-state index in [0.717, 1.165) is 12.1 Å². The normalized spacial score (nSPS) is 11.9. The molecule has 4 heteroatoms. The van der Waals surface area contributed by atoms with E-state index < -0.39 is 0 Å². The third-order valence-corrected chi connectivity index (χ3v) is 2.25. The summed E-state index contributed by atoms with van der Waals surface area (Å²) in [6.45, 7) is 10.9. The number of nitrogens with one attached hydrogen (secondary N) is 1. The molecule has 0 atom stereocenters. The predicted octanol–water partition coefficient (Wildman–Crippen LogP) is 3.41. The van der Waals surface area contributed by atoms with Gasteiger partial charge in [0, 0.05) is 18.8 Å². The van der Waals surface area contributed by atoms with Gasteiger partial charge >= 0.3 is 0 Å². The molecule has 1 N–H and O–H groups in total. The Bertz CT molecular complexity index is 372. The second kappa shape index (κ2) is 5.69. The first kappa shape index (κ1) is 14.3. The third-order valence-electron chi connectivity index (χ3n) is 1.98. The molecule has 0 amide bonds. The molecule has 1 aromatic rings. The minimum atomic E-state index is -0.283. The van der Waals surface area contributed by atoms with Crippen molar-refractivity contribution in [3.8, 4) is 5.88 Å². The lowest BCUT2D eigenvalue weighted by atomic mass is 10.2. The summed E-state index contributed by atoms with van der Waals surface area (Å²) >= 11 is 6.14. The molecule has 0 spiro atoms. The summed E-state index contributed by atoms with van der Waals surface area (Å²) < 4.78 is 5.65. The van der Waals surface area contributed by atoms with E-state index in [4.69, 9.17) is 16.3 Å². The molecule has 1 aromatic heterocycles. The van der Waals surface area contributed by atoms with E-state index in [0.29, 0.717) is 16.9 Å². The molecule has 1 rings (SSSR count). The molecule has 0 radical (unpaired) electrons. The fourth-order valence-corrected chi connectivity index (χ4v) is 1.48. The maximum absolute atomic E-state index is 6.14. The highest BCUT2D eigenvalue weighted by Crippen LogP contribution is 2.25. The summed E-state index contributed by atoms with van der Waals surface area (Å²) in [5, 5.41) is 3.88. The quantitative estimate of drug-likeness (QED) is 0.897. The number of ether oxygens (including phenoxy) is 1. The van der Waals surface area contributed by atoms with Gasteiger partial charge in [-0.3, -0.25) is 0 Å². The van der Waals surface area contributed by atoms with E-state index in [9.17, 15) is 0 Å². The van der Waals surface area contributed by atoms with Crippen molar-refractivity contribution in [2.75, 3.05) is 0 Å². The van der Waals surface area contributed by atoms with E-state index in [2.05, 4.69) is 24.1 Å². The van der Waals surface area contributed by atoms with Crippen molar-refractivity contribution in [2.24, 2.45) is 0 Å². The van der Waals surface area contributed by atoms with Gasteiger partial charge in [0.25, 0.3) is 0 Å². The number of rotatable bonds is 4. The highest BCUT2D eigenvalue weighted by molar-refractivity contribution is 6.31. The SMILES string of the molecule is CC(C)NCc1cnc(OC(C)(C)C)c(Cl)c1. The maximum Gasteiger partial charge on any atom is 0.233 e. The monoisotopic (exact) mass is 256 g/mol. The van der Waals surface area contributed by atoms with Gasteiger partial charge in [-0.2, -0.15) is 0 Å². The van der Waals surface area contributed by atoms with Crippen LogP contribution in [0.5, 0.6) is 5.88 Å². The molecule has 0 aliphatic heterocycles. The van der Waals surface area contributed by atoms with E-state index in [1.165, 1.54) is 0 Å². The van der Waals surface area contributed by atoms with Gasteiger partial charge < -0.3 is 10.1 Å². The minimum Gasteiger partial charge on any atom is -0.471 e. The van der Waals surface area contributed by atoms with Crippen LogP contribution in [-0.4, -0.2) is 16.6 Å². The Morgan fingerprint density at radius 2 is 2.06 bits per heavy atom. The lowest BCUT2D eigenvalue weighted by molar-refractivity contribution is 0.124. The van der Waals surface area contributed by atoms with Crippen LogP contribution in [0.25, 0.3) is 0 Å². The third kappa shape index (κ3) is 5.37. The van der Waals surface area contributed by atoms with Crippen molar-refractivity contribution in [1.82, 2.24) is 10.3 Å². The van der Waals surface area contributed by atoms with Crippen LogP contribution in [-0.2, 0) is 6.54 Å². The summed E-state index contributed by atoms with van der Waals surface area (Å²) in [7, 11) is 0. The van der Waals surface area contributed by atoms with Crippen LogP contribution in [0.15, 0.2) is 12.3 Å². The van der Waals surface area contributed by atoms with Gasteiger partial charge in [0.15, 0.2) is 0 Å². The zero-order valence-electron chi connectivity index (χ0n) is 11.2. The van der Waals surface area contributed by atoms with Crippen molar-refractivity contribution in [2.45, 2.75) is 52.8 Å². The van der Waals surface area contributed by atoms with Crippen LogP contribution in [0.4, 0.5) is 0 Å². The molecule has 96 valence electrons. The van der Waals surface area contributed by atoms with Crippen molar-refractivity contribution >= 4 is 11.6 Å². The van der Waals surface area contributed by atoms with Crippen molar-refractivity contribution < 1.29 is 4.74 Å². The Kier molecular flexibility index (Phi) is 4.78. The molecular formula is C13H21ClN2O. The van der Waals surface area contributed by atoms with E-state index in [-0.39, 0.29) is 5.60 Å². The highest BCUT2D eigenvalue weighted by atomic mass is 35.5.